The van der Waals surface area contributed by atoms with Crippen LogP contribution in [0.15, 0.2) is 24.3 Å². The predicted octanol–water partition coefficient (Wildman–Crippen LogP) is 5.06. The lowest BCUT2D eigenvalue weighted by atomic mass is 9.97. The molecule has 1 aliphatic rings. The van der Waals surface area contributed by atoms with Crippen LogP contribution in [-0.2, 0) is 11.2 Å². The fourth-order valence-corrected chi connectivity index (χ4v) is 4.59. The average molecular weight is 458 g/mol. The zero-order chi connectivity index (χ0) is 23.6. The first-order valence-corrected chi connectivity index (χ1v) is 11.5. The Morgan fingerprint density at radius 3 is 2.00 bits per heavy atom. The van der Waals surface area contributed by atoms with Crippen LogP contribution in [0.5, 0.6) is 17.2 Å². The first-order valence-electron chi connectivity index (χ1n) is 10.6. The van der Waals surface area contributed by atoms with E-state index in [1.54, 1.807) is 7.11 Å². The zero-order valence-electron chi connectivity index (χ0n) is 19.8. The highest BCUT2D eigenvalue weighted by Crippen LogP contribution is 2.38. The van der Waals surface area contributed by atoms with Crippen LogP contribution in [0.4, 0.5) is 4.79 Å². The number of thioether (sulfide) groups is 1. The number of methoxy groups -OCH3 is 1. The van der Waals surface area contributed by atoms with E-state index in [0.29, 0.717) is 13.0 Å². The lowest BCUT2D eigenvalue weighted by molar-refractivity contribution is -0.118. The van der Waals surface area contributed by atoms with E-state index in [1.807, 2.05) is 65.8 Å². The van der Waals surface area contributed by atoms with Crippen molar-refractivity contribution < 1.29 is 23.8 Å². The van der Waals surface area contributed by atoms with Crippen molar-refractivity contribution in [3.05, 3.63) is 52.1 Å². The van der Waals surface area contributed by atoms with Gasteiger partial charge in [0.2, 0.25) is 5.91 Å². The Kier molecular flexibility index (Phi) is 7.08. The van der Waals surface area contributed by atoms with Gasteiger partial charge in [0, 0.05) is 0 Å². The highest BCUT2D eigenvalue weighted by Gasteiger charge is 2.31. The summed E-state index contributed by atoms with van der Waals surface area (Å²) in [7, 11) is 1.69. The second-order valence-electron chi connectivity index (χ2n) is 8.74. The Morgan fingerprint density at radius 2 is 1.50 bits per heavy atom. The molecule has 172 valence electrons. The normalized spacial score (nSPS) is 16.2. The van der Waals surface area contributed by atoms with Crippen molar-refractivity contribution >= 4 is 22.9 Å². The van der Waals surface area contributed by atoms with Crippen molar-refractivity contribution in [2.45, 2.75) is 58.8 Å². The van der Waals surface area contributed by atoms with Crippen LogP contribution < -0.4 is 19.5 Å². The molecule has 2 aromatic rings. The largest absolute Gasteiger partial charge is 0.496 e. The van der Waals surface area contributed by atoms with Gasteiger partial charge in [0.25, 0.3) is 5.24 Å². The maximum atomic E-state index is 11.7. The molecule has 1 N–H and O–H groups in total. The summed E-state index contributed by atoms with van der Waals surface area (Å²) in [5, 5.41) is 1.66. The molecule has 2 aromatic carbocycles. The van der Waals surface area contributed by atoms with Crippen molar-refractivity contribution in [3.63, 3.8) is 0 Å². The number of hydrogen-bond acceptors (Lipinski definition) is 6. The molecular formula is C25H31NO5S. The molecule has 0 spiro atoms. The van der Waals surface area contributed by atoms with E-state index in [9.17, 15) is 9.59 Å². The topological polar surface area (TPSA) is 73.9 Å². The average Bonchev–Trinajstić information content (AvgIpc) is 3.06. The minimum Gasteiger partial charge on any atom is -0.496 e. The van der Waals surface area contributed by atoms with Gasteiger partial charge >= 0.3 is 0 Å². The lowest BCUT2D eigenvalue weighted by Crippen LogP contribution is -2.36. The summed E-state index contributed by atoms with van der Waals surface area (Å²) in [5.41, 5.74) is 4.71. The molecule has 32 heavy (non-hydrogen) atoms. The van der Waals surface area contributed by atoms with Gasteiger partial charge < -0.3 is 14.2 Å². The van der Waals surface area contributed by atoms with Gasteiger partial charge in [0.05, 0.1) is 12.4 Å². The maximum absolute atomic E-state index is 11.7. The molecule has 7 heteroatoms. The summed E-state index contributed by atoms with van der Waals surface area (Å²) in [5.74, 6) is 2.26. The molecule has 6 nitrogen and oxygen atoms in total. The van der Waals surface area contributed by atoms with Crippen molar-refractivity contribution in [1.29, 1.82) is 0 Å². The second-order valence-corrected chi connectivity index (χ2v) is 9.92. The van der Waals surface area contributed by atoms with Crippen molar-refractivity contribution in [1.82, 2.24) is 5.32 Å². The van der Waals surface area contributed by atoms with Gasteiger partial charge in [-0.25, -0.2) is 0 Å². The van der Waals surface area contributed by atoms with Gasteiger partial charge in [-0.2, -0.15) is 0 Å². The highest BCUT2D eigenvalue weighted by molar-refractivity contribution is 8.15. The van der Waals surface area contributed by atoms with Gasteiger partial charge in [-0.1, -0.05) is 23.9 Å². The van der Waals surface area contributed by atoms with E-state index < -0.39 is 5.60 Å². The van der Waals surface area contributed by atoms with E-state index in [-0.39, 0.29) is 16.4 Å². The first-order chi connectivity index (χ1) is 15.0. The fraction of sp³-hybridized carbons (Fsp3) is 0.440. The quantitative estimate of drug-likeness (QED) is 0.597. The summed E-state index contributed by atoms with van der Waals surface area (Å²) >= 11 is 1.04. The van der Waals surface area contributed by atoms with Gasteiger partial charge in [-0.05, 0) is 87.9 Å². The number of carbonyl (C=O) groups is 2. The lowest BCUT2D eigenvalue weighted by Gasteiger charge is -2.30. The molecule has 1 unspecified atom stereocenters. The van der Waals surface area contributed by atoms with Gasteiger partial charge in [0.1, 0.15) is 29.5 Å². The second kappa shape index (κ2) is 9.45. The summed E-state index contributed by atoms with van der Waals surface area (Å²) in [4.78, 5) is 23.1. The number of carbonyl (C=O) groups excluding carboxylic acids is 2. The Bertz CT molecular complexity index is 1000. The molecule has 0 bridgehead atoms. The highest BCUT2D eigenvalue weighted by atomic mass is 32.2. The first kappa shape index (κ1) is 24.0. The molecule has 1 heterocycles. The Balaban J connectivity index is 1.64. The fourth-order valence-electron chi connectivity index (χ4n) is 3.73. The molecule has 1 aliphatic heterocycles. The molecule has 0 saturated carbocycles. The van der Waals surface area contributed by atoms with Crippen LogP contribution in [0, 0.1) is 27.7 Å². The number of amides is 2. The zero-order valence-corrected chi connectivity index (χ0v) is 20.6. The molecule has 1 atom stereocenters. The molecule has 1 saturated heterocycles. The Labute approximate surface area is 194 Å². The minimum absolute atomic E-state index is 0.228. The summed E-state index contributed by atoms with van der Waals surface area (Å²) < 4.78 is 18.0. The number of imide groups is 1. The Morgan fingerprint density at radius 1 is 0.938 bits per heavy atom. The summed E-state index contributed by atoms with van der Waals surface area (Å²) in [6, 6.07) is 7.60. The van der Waals surface area contributed by atoms with E-state index in [2.05, 4.69) is 5.32 Å². The SMILES string of the molecule is COc1c(C)c(C)c(OC(C)(C)COc2ccc(CC3SC(=O)NC3=O)cc2)c(C)c1C. The van der Waals surface area contributed by atoms with Crippen molar-refractivity contribution in [3.8, 4) is 17.2 Å². The molecule has 3 rings (SSSR count). The minimum atomic E-state index is -0.555. The van der Waals surface area contributed by atoms with E-state index in [4.69, 9.17) is 14.2 Å². The molecule has 0 aliphatic carbocycles. The maximum Gasteiger partial charge on any atom is 0.286 e. The summed E-state index contributed by atoms with van der Waals surface area (Å²) in [6.07, 6.45) is 0.506. The molecular weight excluding hydrogens is 426 g/mol. The van der Waals surface area contributed by atoms with Crippen LogP contribution in [0.3, 0.4) is 0 Å². The van der Waals surface area contributed by atoms with Crippen LogP contribution in [0.25, 0.3) is 0 Å². The Hall–Kier alpha value is -2.67. The van der Waals surface area contributed by atoms with E-state index in [0.717, 1.165) is 56.8 Å². The number of nitrogens with one attached hydrogen (secondary N) is 1. The van der Waals surface area contributed by atoms with Crippen LogP contribution in [0.2, 0.25) is 0 Å². The number of ether oxygens (including phenoxy) is 3. The van der Waals surface area contributed by atoms with Crippen molar-refractivity contribution in [2.24, 2.45) is 0 Å². The van der Waals surface area contributed by atoms with Gasteiger partial charge in [0.15, 0.2) is 0 Å². The third kappa shape index (κ3) is 5.21. The van der Waals surface area contributed by atoms with Crippen LogP contribution in [0.1, 0.15) is 41.7 Å². The third-order valence-electron chi connectivity index (χ3n) is 5.77. The number of benzene rings is 2. The predicted molar refractivity (Wildman–Crippen MR) is 127 cm³/mol. The standard InChI is InChI=1S/C25H31NO5S/c1-14-16(3)22(17(4)15(2)21(14)29-7)31-25(5,6)13-30-19-10-8-18(9-11-19)12-20-23(27)26-24(28)32-20/h8-11,20H,12-13H2,1-7H3,(H,26,27,28). The third-order valence-corrected chi connectivity index (χ3v) is 6.75. The van der Waals surface area contributed by atoms with Crippen LogP contribution >= 0.6 is 11.8 Å². The molecule has 1 fully saturated rings. The van der Waals surface area contributed by atoms with Gasteiger partial charge in [-0.3, -0.25) is 14.9 Å². The van der Waals surface area contributed by atoms with Gasteiger partial charge in [-0.15, -0.1) is 0 Å². The molecule has 0 radical (unpaired) electrons. The van der Waals surface area contributed by atoms with E-state index in [1.165, 1.54) is 0 Å². The summed E-state index contributed by atoms with van der Waals surface area (Å²) in [6.45, 7) is 12.6. The smallest absolute Gasteiger partial charge is 0.286 e. The molecule has 2 amide bonds. The number of rotatable bonds is 8. The number of hydrogen-bond donors (Lipinski definition) is 1. The van der Waals surface area contributed by atoms with Crippen molar-refractivity contribution in [2.75, 3.05) is 13.7 Å². The van der Waals surface area contributed by atoms with Crippen LogP contribution in [-0.4, -0.2) is 35.7 Å². The monoisotopic (exact) mass is 457 g/mol. The van der Waals surface area contributed by atoms with E-state index >= 15 is 0 Å². The molecule has 0 aromatic heterocycles.